The molecule has 9 heteroatoms. The standard InChI is InChI=1S/C17H23N3O5S/c1-8(9(2)21)5-6-11-19-10(7-26-11)12-15(24-3)16(25-4)14(22)13(20-12)17(18)23/h7-9,21-22H,5-6H2,1-4H3,(H2,18,23). The lowest BCUT2D eigenvalue weighted by Crippen LogP contribution is -2.15. The van der Waals surface area contributed by atoms with Crippen molar-refractivity contribution >= 4 is 17.2 Å². The van der Waals surface area contributed by atoms with Crippen LogP contribution in [0.25, 0.3) is 11.4 Å². The van der Waals surface area contributed by atoms with E-state index in [1.54, 1.807) is 12.3 Å². The average molecular weight is 381 g/mol. The van der Waals surface area contributed by atoms with Crippen LogP contribution in [0.2, 0.25) is 0 Å². The number of aliphatic hydroxyl groups is 1. The van der Waals surface area contributed by atoms with Gasteiger partial charge in [-0.3, -0.25) is 4.79 Å². The highest BCUT2D eigenvalue weighted by Crippen LogP contribution is 2.44. The van der Waals surface area contributed by atoms with E-state index in [-0.39, 0.29) is 34.9 Å². The van der Waals surface area contributed by atoms with Gasteiger partial charge in [0.2, 0.25) is 5.75 Å². The predicted molar refractivity (Wildman–Crippen MR) is 97.8 cm³/mol. The summed E-state index contributed by atoms with van der Waals surface area (Å²) in [6.45, 7) is 3.74. The fraction of sp³-hybridized carbons (Fsp3) is 0.471. The average Bonchev–Trinajstić information content (AvgIpc) is 3.07. The summed E-state index contributed by atoms with van der Waals surface area (Å²) in [5, 5.41) is 22.4. The van der Waals surface area contributed by atoms with Crippen molar-refractivity contribution in [2.24, 2.45) is 11.7 Å². The number of aromatic nitrogens is 2. The van der Waals surface area contributed by atoms with Crippen LogP contribution in [0.3, 0.4) is 0 Å². The third kappa shape index (κ3) is 4.05. The van der Waals surface area contributed by atoms with Crippen molar-refractivity contribution in [3.8, 4) is 28.6 Å². The molecule has 1 amide bonds. The van der Waals surface area contributed by atoms with E-state index < -0.39 is 11.7 Å². The molecule has 142 valence electrons. The monoisotopic (exact) mass is 381 g/mol. The second-order valence-electron chi connectivity index (χ2n) is 5.97. The van der Waals surface area contributed by atoms with Gasteiger partial charge in [0.1, 0.15) is 11.4 Å². The molecule has 0 aliphatic rings. The SMILES string of the molecule is COc1c(-c2csc(CCC(C)C(C)O)n2)nc(C(N)=O)c(O)c1OC. The number of aryl methyl sites for hydroxylation is 1. The zero-order valence-corrected chi connectivity index (χ0v) is 16.0. The number of nitrogens with zero attached hydrogens (tertiary/aromatic N) is 2. The Morgan fingerprint density at radius 1 is 1.27 bits per heavy atom. The minimum atomic E-state index is -0.883. The number of hydrogen-bond donors (Lipinski definition) is 3. The molecule has 2 rings (SSSR count). The van der Waals surface area contributed by atoms with E-state index in [9.17, 15) is 15.0 Å². The number of nitrogens with two attached hydrogens (primary N) is 1. The van der Waals surface area contributed by atoms with E-state index in [0.29, 0.717) is 12.1 Å². The molecule has 0 saturated carbocycles. The summed E-state index contributed by atoms with van der Waals surface area (Å²) in [4.78, 5) is 20.2. The first-order chi connectivity index (χ1) is 12.3. The molecule has 0 aromatic carbocycles. The number of thiazole rings is 1. The van der Waals surface area contributed by atoms with Crippen LogP contribution < -0.4 is 15.2 Å². The predicted octanol–water partition coefficient (Wildman–Crippen LogP) is 1.98. The molecule has 4 N–H and O–H groups in total. The number of amides is 1. The van der Waals surface area contributed by atoms with Crippen molar-refractivity contribution in [1.82, 2.24) is 9.97 Å². The Labute approximate surface area is 155 Å². The van der Waals surface area contributed by atoms with Gasteiger partial charge in [-0.1, -0.05) is 6.92 Å². The number of carbonyl (C=O) groups is 1. The second-order valence-corrected chi connectivity index (χ2v) is 6.91. The highest BCUT2D eigenvalue weighted by atomic mass is 32.1. The van der Waals surface area contributed by atoms with Crippen LogP contribution >= 0.6 is 11.3 Å². The zero-order valence-electron chi connectivity index (χ0n) is 15.1. The molecule has 0 radical (unpaired) electrons. The summed E-state index contributed by atoms with van der Waals surface area (Å²) >= 11 is 1.44. The van der Waals surface area contributed by atoms with Gasteiger partial charge < -0.3 is 25.4 Å². The van der Waals surface area contributed by atoms with E-state index in [1.807, 2.05) is 6.92 Å². The quantitative estimate of drug-likeness (QED) is 0.638. The van der Waals surface area contributed by atoms with Crippen molar-refractivity contribution in [3.63, 3.8) is 0 Å². The first kappa shape index (κ1) is 19.9. The number of rotatable bonds is 8. The third-order valence-electron chi connectivity index (χ3n) is 4.16. The van der Waals surface area contributed by atoms with Crippen LogP contribution in [0.1, 0.15) is 35.8 Å². The third-order valence-corrected chi connectivity index (χ3v) is 5.07. The van der Waals surface area contributed by atoms with Gasteiger partial charge in [-0.15, -0.1) is 11.3 Å². The molecule has 0 fully saturated rings. The lowest BCUT2D eigenvalue weighted by molar-refractivity contribution is 0.0992. The Morgan fingerprint density at radius 3 is 2.46 bits per heavy atom. The lowest BCUT2D eigenvalue weighted by Gasteiger charge is -2.14. The molecular weight excluding hydrogens is 358 g/mol. The van der Waals surface area contributed by atoms with Gasteiger partial charge in [0.05, 0.1) is 25.3 Å². The number of methoxy groups -OCH3 is 2. The first-order valence-corrected chi connectivity index (χ1v) is 8.95. The fourth-order valence-electron chi connectivity index (χ4n) is 2.39. The minimum Gasteiger partial charge on any atom is -0.503 e. The van der Waals surface area contributed by atoms with Gasteiger partial charge in [0.25, 0.3) is 5.91 Å². The summed E-state index contributed by atoms with van der Waals surface area (Å²) in [5.41, 5.74) is 5.74. The molecular formula is C17H23N3O5S. The zero-order chi connectivity index (χ0) is 19.4. The van der Waals surface area contributed by atoms with Crippen LogP contribution in [0.15, 0.2) is 5.38 Å². The number of carbonyl (C=O) groups excluding carboxylic acids is 1. The summed E-state index contributed by atoms with van der Waals surface area (Å²) in [7, 11) is 2.75. The fourth-order valence-corrected chi connectivity index (χ4v) is 3.19. The van der Waals surface area contributed by atoms with Gasteiger partial charge in [0.15, 0.2) is 17.2 Å². The van der Waals surface area contributed by atoms with Crippen LogP contribution in [0.5, 0.6) is 17.2 Å². The number of hydrogen-bond acceptors (Lipinski definition) is 8. The summed E-state index contributed by atoms with van der Waals surface area (Å²) < 4.78 is 10.5. The Balaban J connectivity index is 2.42. The van der Waals surface area contributed by atoms with Crippen molar-refractivity contribution in [1.29, 1.82) is 0 Å². The molecule has 8 nitrogen and oxygen atoms in total. The molecule has 0 spiro atoms. The summed E-state index contributed by atoms with van der Waals surface area (Å²) in [6, 6.07) is 0. The number of aromatic hydroxyl groups is 1. The van der Waals surface area contributed by atoms with E-state index in [1.165, 1.54) is 25.6 Å². The number of pyridine rings is 1. The van der Waals surface area contributed by atoms with Crippen LogP contribution in [0.4, 0.5) is 0 Å². The van der Waals surface area contributed by atoms with Gasteiger partial charge in [-0.25, -0.2) is 9.97 Å². The maximum absolute atomic E-state index is 11.6. The van der Waals surface area contributed by atoms with E-state index >= 15 is 0 Å². The topological polar surface area (TPSA) is 128 Å². The van der Waals surface area contributed by atoms with Crippen molar-refractivity contribution in [3.05, 3.63) is 16.1 Å². The molecule has 26 heavy (non-hydrogen) atoms. The maximum Gasteiger partial charge on any atom is 0.271 e. The van der Waals surface area contributed by atoms with Gasteiger partial charge >= 0.3 is 0 Å². The molecule has 0 aliphatic heterocycles. The molecule has 2 aromatic rings. The number of aliphatic hydroxyl groups excluding tert-OH is 1. The van der Waals surface area contributed by atoms with Crippen LogP contribution in [-0.2, 0) is 6.42 Å². The second kappa shape index (κ2) is 8.33. The van der Waals surface area contributed by atoms with Crippen molar-refractivity contribution in [2.75, 3.05) is 14.2 Å². The largest absolute Gasteiger partial charge is 0.503 e. The highest BCUT2D eigenvalue weighted by Gasteiger charge is 2.26. The van der Waals surface area contributed by atoms with Crippen LogP contribution in [0, 0.1) is 5.92 Å². The van der Waals surface area contributed by atoms with Gasteiger partial charge in [-0.05, 0) is 25.7 Å². The Hall–Kier alpha value is -2.39. The van der Waals surface area contributed by atoms with Gasteiger partial charge in [-0.2, -0.15) is 0 Å². The maximum atomic E-state index is 11.6. The summed E-state index contributed by atoms with van der Waals surface area (Å²) in [6.07, 6.45) is 1.12. The Kier molecular flexibility index (Phi) is 6.38. The molecule has 2 heterocycles. The molecule has 0 saturated heterocycles. The van der Waals surface area contributed by atoms with Crippen LogP contribution in [-0.4, -0.2) is 46.4 Å². The lowest BCUT2D eigenvalue weighted by atomic mass is 10.0. The first-order valence-electron chi connectivity index (χ1n) is 8.07. The van der Waals surface area contributed by atoms with Gasteiger partial charge in [0, 0.05) is 5.38 Å². The van der Waals surface area contributed by atoms with Crippen molar-refractivity contribution < 1.29 is 24.5 Å². The Bertz CT molecular complexity index is 791. The van der Waals surface area contributed by atoms with Crippen molar-refractivity contribution in [2.45, 2.75) is 32.8 Å². The van der Waals surface area contributed by atoms with E-state index in [4.69, 9.17) is 15.2 Å². The molecule has 2 atom stereocenters. The molecule has 2 aromatic heterocycles. The highest BCUT2D eigenvalue weighted by molar-refractivity contribution is 7.09. The number of primary amides is 1. The normalized spacial score (nSPS) is 13.3. The van der Waals surface area contributed by atoms with E-state index in [0.717, 1.165) is 11.4 Å². The molecule has 0 bridgehead atoms. The minimum absolute atomic E-state index is 0.0245. The Morgan fingerprint density at radius 2 is 1.92 bits per heavy atom. The molecule has 2 unspecified atom stereocenters. The summed E-state index contributed by atoms with van der Waals surface area (Å²) in [5.74, 6) is -1.05. The van der Waals surface area contributed by atoms with E-state index in [2.05, 4.69) is 9.97 Å². The number of ether oxygens (including phenoxy) is 2. The smallest absolute Gasteiger partial charge is 0.271 e. The molecule has 0 aliphatic carbocycles.